The van der Waals surface area contributed by atoms with Gasteiger partial charge in [0.15, 0.2) is 11.2 Å². The minimum atomic E-state index is -0.453. The van der Waals surface area contributed by atoms with Crippen LogP contribution in [0.25, 0.3) is 17.2 Å². The average Bonchev–Trinajstić information content (AvgIpc) is 3.26. The van der Waals surface area contributed by atoms with Gasteiger partial charge in [-0.05, 0) is 30.5 Å². The topological polar surface area (TPSA) is 79.2 Å². The molecule has 4 aromatic rings. The minimum absolute atomic E-state index is 0.401. The number of piperazine rings is 1. The molecule has 36 heavy (non-hydrogen) atoms. The van der Waals surface area contributed by atoms with Crippen LogP contribution in [0.5, 0.6) is 0 Å². The fourth-order valence-corrected chi connectivity index (χ4v) is 4.79. The zero-order valence-corrected chi connectivity index (χ0v) is 21.1. The SMILES string of the molecule is Cc1ccc(C)c(Cn2c(N3CCN(C/C=C/c4ccccc4)CC3)nc3c2c(=O)[nH]c(=O)n3C)c1. The van der Waals surface area contributed by atoms with E-state index in [1.807, 2.05) is 22.8 Å². The number of fused-ring (bicyclic) bond motifs is 1. The number of hydrogen-bond acceptors (Lipinski definition) is 5. The van der Waals surface area contributed by atoms with Crippen LogP contribution < -0.4 is 16.1 Å². The van der Waals surface area contributed by atoms with Crippen LogP contribution >= 0.6 is 0 Å². The van der Waals surface area contributed by atoms with E-state index in [4.69, 9.17) is 4.98 Å². The lowest BCUT2D eigenvalue weighted by atomic mass is 10.1. The molecular formula is C28H32N6O2. The van der Waals surface area contributed by atoms with Crippen molar-refractivity contribution in [3.63, 3.8) is 0 Å². The molecule has 0 saturated carbocycles. The Morgan fingerprint density at radius 1 is 1.00 bits per heavy atom. The summed E-state index contributed by atoms with van der Waals surface area (Å²) in [6, 6.07) is 16.7. The fourth-order valence-electron chi connectivity index (χ4n) is 4.79. The number of benzene rings is 2. The number of nitrogens with zero attached hydrogens (tertiary/aromatic N) is 5. The highest BCUT2D eigenvalue weighted by Crippen LogP contribution is 2.24. The van der Waals surface area contributed by atoms with Gasteiger partial charge in [-0.2, -0.15) is 4.98 Å². The molecular weight excluding hydrogens is 452 g/mol. The summed E-state index contributed by atoms with van der Waals surface area (Å²) in [7, 11) is 1.65. The van der Waals surface area contributed by atoms with E-state index in [1.54, 1.807) is 7.05 Å². The lowest BCUT2D eigenvalue weighted by molar-refractivity contribution is 0.282. The van der Waals surface area contributed by atoms with E-state index in [1.165, 1.54) is 15.7 Å². The number of aromatic nitrogens is 4. The molecule has 0 amide bonds. The Bertz CT molecular complexity index is 1520. The predicted molar refractivity (Wildman–Crippen MR) is 145 cm³/mol. The maximum Gasteiger partial charge on any atom is 0.329 e. The van der Waals surface area contributed by atoms with Crippen molar-refractivity contribution in [2.24, 2.45) is 7.05 Å². The van der Waals surface area contributed by atoms with Gasteiger partial charge in [0.1, 0.15) is 0 Å². The number of aryl methyl sites for hydroxylation is 3. The van der Waals surface area contributed by atoms with Crippen molar-refractivity contribution in [1.29, 1.82) is 0 Å². The lowest BCUT2D eigenvalue weighted by Gasteiger charge is -2.35. The molecule has 1 aliphatic rings. The van der Waals surface area contributed by atoms with Crippen LogP contribution in [0.1, 0.15) is 22.3 Å². The van der Waals surface area contributed by atoms with E-state index in [0.717, 1.165) is 49.8 Å². The highest BCUT2D eigenvalue weighted by atomic mass is 16.2. The molecule has 1 aliphatic heterocycles. The second-order valence-electron chi connectivity index (χ2n) is 9.52. The predicted octanol–water partition coefficient (Wildman–Crippen LogP) is 2.92. The van der Waals surface area contributed by atoms with E-state index in [-0.39, 0.29) is 0 Å². The zero-order valence-electron chi connectivity index (χ0n) is 21.1. The largest absolute Gasteiger partial charge is 0.340 e. The second kappa shape index (κ2) is 9.99. The van der Waals surface area contributed by atoms with Gasteiger partial charge >= 0.3 is 5.69 Å². The van der Waals surface area contributed by atoms with Gasteiger partial charge in [-0.3, -0.25) is 23.8 Å². The van der Waals surface area contributed by atoms with E-state index in [0.29, 0.717) is 17.7 Å². The molecule has 186 valence electrons. The van der Waals surface area contributed by atoms with E-state index in [9.17, 15) is 9.59 Å². The van der Waals surface area contributed by atoms with Crippen molar-refractivity contribution in [1.82, 2.24) is 24.0 Å². The number of imidazole rings is 1. The Balaban J connectivity index is 1.42. The Morgan fingerprint density at radius 3 is 2.50 bits per heavy atom. The van der Waals surface area contributed by atoms with Gasteiger partial charge in [-0.15, -0.1) is 0 Å². The average molecular weight is 485 g/mol. The first kappa shape index (κ1) is 23.8. The van der Waals surface area contributed by atoms with E-state index in [2.05, 4.69) is 71.1 Å². The molecule has 0 radical (unpaired) electrons. The van der Waals surface area contributed by atoms with Crippen molar-refractivity contribution >= 4 is 23.2 Å². The molecule has 5 rings (SSSR count). The number of anilines is 1. The van der Waals surface area contributed by atoms with Gasteiger partial charge in [0.05, 0.1) is 6.54 Å². The molecule has 2 aromatic carbocycles. The first-order valence-corrected chi connectivity index (χ1v) is 12.4. The molecule has 0 spiro atoms. The van der Waals surface area contributed by atoms with Crippen LogP contribution in [-0.2, 0) is 13.6 Å². The first-order valence-electron chi connectivity index (χ1n) is 12.4. The molecule has 1 N–H and O–H groups in total. The van der Waals surface area contributed by atoms with Gasteiger partial charge < -0.3 is 4.90 Å². The quantitative estimate of drug-likeness (QED) is 0.455. The summed E-state index contributed by atoms with van der Waals surface area (Å²) in [5.74, 6) is 0.733. The molecule has 3 heterocycles. The van der Waals surface area contributed by atoms with Crippen LogP contribution in [0, 0.1) is 13.8 Å². The number of hydrogen-bond donors (Lipinski definition) is 1. The third kappa shape index (κ3) is 4.77. The maximum absolute atomic E-state index is 12.9. The molecule has 0 aliphatic carbocycles. The molecule has 8 nitrogen and oxygen atoms in total. The van der Waals surface area contributed by atoms with Crippen LogP contribution in [0.2, 0.25) is 0 Å². The highest BCUT2D eigenvalue weighted by Gasteiger charge is 2.25. The molecule has 2 aromatic heterocycles. The van der Waals surface area contributed by atoms with Crippen LogP contribution in [0.15, 0.2) is 64.2 Å². The monoisotopic (exact) mass is 484 g/mol. The second-order valence-corrected chi connectivity index (χ2v) is 9.52. The molecule has 8 heteroatoms. The summed E-state index contributed by atoms with van der Waals surface area (Å²) in [5.41, 5.74) is 4.65. The minimum Gasteiger partial charge on any atom is -0.340 e. The third-order valence-electron chi connectivity index (χ3n) is 6.95. The first-order chi connectivity index (χ1) is 17.4. The number of H-pyrrole nitrogens is 1. The van der Waals surface area contributed by atoms with E-state index < -0.39 is 11.2 Å². The fraction of sp³-hybridized carbons (Fsp3) is 0.321. The summed E-state index contributed by atoms with van der Waals surface area (Å²) in [6.07, 6.45) is 4.36. The summed E-state index contributed by atoms with van der Waals surface area (Å²) in [6.45, 7) is 8.91. The number of aromatic amines is 1. The lowest BCUT2D eigenvalue weighted by Crippen LogP contribution is -2.47. The highest BCUT2D eigenvalue weighted by molar-refractivity contribution is 5.74. The summed E-state index contributed by atoms with van der Waals surface area (Å²) in [4.78, 5) is 37.1. The smallest absolute Gasteiger partial charge is 0.329 e. The number of rotatable bonds is 6. The van der Waals surface area contributed by atoms with E-state index >= 15 is 0 Å². The maximum atomic E-state index is 12.9. The van der Waals surface area contributed by atoms with Crippen LogP contribution in [0.3, 0.4) is 0 Å². The summed E-state index contributed by atoms with van der Waals surface area (Å²) in [5, 5.41) is 0. The molecule has 0 bridgehead atoms. The van der Waals surface area contributed by atoms with Crippen LogP contribution in [0.4, 0.5) is 5.95 Å². The van der Waals surface area contributed by atoms with Gasteiger partial charge in [0, 0.05) is 39.8 Å². The molecule has 1 saturated heterocycles. The Hall–Kier alpha value is -3.91. The van der Waals surface area contributed by atoms with Gasteiger partial charge in [0.25, 0.3) is 5.56 Å². The van der Waals surface area contributed by atoms with Crippen molar-refractivity contribution in [3.8, 4) is 0 Å². The van der Waals surface area contributed by atoms with Crippen molar-refractivity contribution in [3.05, 3.63) is 97.7 Å². The Kier molecular flexibility index (Phi) is 6.61. The summed E-state index contributed by atoms with van der Waals surface area (Å²) < 4.78 is 3.39. The molecule has 0 atom stereocenters. The third-order valence-corrected chi connectivity index (χ3v) is 6.95. The standard InChI is InChI=1S/C28H32N6O2/c1-20-11-12-21(2)23(18-20)19-34-24-25(31(3)28(36)30-26(24)35)29-27(34)33-16-14-32(15-17-33)13-7-10-22-8-5-4-6-9-22/h4-12,18H,13-17,19H2,1-3H3,(H,30,35,36)/b10-7+. The zero-order chi connectivity index (χ0) is 25.2. The van der Waals surface area contributed by atoms with Gasteiger partial charge in [0.2, 0.25) is 5.95 Å². The normalized spacial score (nSPS) is 14.8. The van der Waals surface area contributed by atoms with Gasteiger partial charge in [-0.25, -0.2) is 4.79 Å². The van der Waals surface area contributed by atoms with Crippen LogP contribution in [-0.4, -0.2) is 56.7 Å². The Labute approximate surface area is 210 Å². The van der Waals surface area contributed by atoms with Crippen molar-refractivity contribution in [2.75, 3.05) is 37.6 Å². The molecule has 0 unspecified atom stereocenters. The van der Waals surface area contributed by atoms with Gasteiger partial charge in [-0.1, -0.05) is 66.2 Å². The Morgan fingerprint density at radius 2 is 1.75 bits per heavy atom. The molecule has 1 fully saturated rings. The van der Waals surface area contributed by atoms with Crippen molar-refractivity contribution in [2.45, 2.75) is 20.4 Å². The summed E-state index contributed by atoms with van der Waals surface area (Å²) >= 11 is 0. The number of nitrogens with one attached hydrogen (secondary N) is 1. The van der Waals surface area contributed by atoms with Crippen molar-refractivity contribution < 1.29 is 0 Å².